The van der Waals surface area contributed by atoms with Gasteiger partial charge in [0.1, 0.15) is 12.1 Å². The molecule has 0 atom stereocenters. The van der Waals surface area contributed by atoms with Gasteiger partial charge < -0.3 is 10.2 Å². The molecule has 0 aromatic carbocycles. The average molecular weight is 343 g/mol. The lowest BCUT2D eigenvalue weighted by molar-refractivity contribution is -0.120. The van der Waals surface area contributed by atoms with E-state index >= 15 is 0 Å². The molecule has 3 aromatic rings. The predicted octanol–water partition coefficient (Wildman–Crippen LogP) is 1.67. The van der Waals surface area contributed by atoms with Crippen LogP contribution in [0, 0.1) is 5.92 Å². The van der Waals surface area contributed by atoms with Gasteiger partial charge in [-0.3, -0.25) is 9.48 Å². The fraction of sp³-hybridized carbons (Fsp3) is 0.400. The van der Waals surface area contributed by atoms with E-state index in [-0.39, 0.29) is 11.8 Å². The van der Waals surface area contributed by atoms with E-state index < -0.39 is 0 Å². The van der Waals surface area contributed by atoms with Crippen molar-refractivity contribution in [2.75, 3.05) is 23.3 Å². The van der Waals surface area contributed by atoms with Crippen LogP contribution in [0.5, 0.6) is 0 Å². The summed E-state index contributed by atoms with van der Waals surface area (Å²) in [7, 11) is 1.87. The molecule has 0 spiro atoms. The van der Waals surface area contributed by atoms with Crippen LogP contribution in [0.1, 0.15) is 12.8 Å². The van der Waals surface area contributed by atoms with Gasteiger partial charge in [0.2, 0.25) is 5.91 Å². The molecule has 9 heteroatoms. The number of hydrogen-bond acceptors (Lipinski definition) is 7. The van der Waals surface area contributed by atoms with Crippen molar-refractivity contribution in [1.82, 2.24) is 24.7 Å². The zero-order valence-electron chi connectivity index (χ0n) is 13.2. The van der Waals surface area contributed by atoms with Gasteiger partial charge in [-0.15, -0.1) is 11.3 Å². The molecule has 124 valence electrons. The van der Waals surface area contributed by atoms with Crippen molar-refractivity contribution in [2.24, 2.45) is 13.0 Å². The van der Waals surface area contributed by atoms with E-state index in [1.807, 2.05) is 12.4 Å². The van der Waals surface area contributed by atoms with E-state index in [4.69, 9.17) is 0 Å². The van der Waals surface area contributed by atoms with E-state index in [0.29, 0.717) is 5.13 Å². The normalized spacial score (nSPS) is 15.8. The van der Waals surface area contributed by atoms with Crippen molar-refractivity contribution in [3.8, 4) is 0 Å². The SMILES string of the molecule is Cn1ncc2c(N3CCC(C(=O)Nc4nccs4)CC3)ncnc21. The lowest BCUT2D eigenvalue weighted by atomic mass is 9.96. The molecule has 0 unspecified atom stereocenters. The number of hydrogen-bond donors (Lipinski definition) is 1. The summed E-state index contributed by atoms with van der Waals surface area (Å²) in [6.45, 7) is 1.58. The minimum Gasteiger partial charge on any atom is -0.356 e. The summed E-state index contributed by atoms with van der Waals surface area (Å²) in [5.41, 5.74) is 0.823. The highest BCUT2D eigenvalue weighted by atomic mass is 32.1. The van der Waals surface area contributed by atoms with Crippen molar-refractivity contribution in [1.29, 1.82) is 0 Å². The Hall–Kier alpha value is -2.55. The molecule has 3 aromatic heterocycles. The third-order valence-corrected chi connectivity index (χ3v) is 5.02. The molecule has 0 radical (unpaired) electrons. The van der Waals surface area contributed by atoms with Gasteiger partial charge >= 0.3 is 0 Å². The Morgan fingerprint density at radius 1 is 1.29 bits per heavy atom. The van der Waals surface area contributed by atoms with Crippen LogP contribution in [0.25, 0.3) is 11.0 Å². The largest absolute Gasteiger partial charge is 0.356 e. The number of anilines is 2. The number of carbonyl (C=O) groups excluding carboxylic acids is 1. The van der Waals surface area contributed by atoms with Crippen LogP contribution in [-0.2, 0) is 11.8 Å². The van der Waals surface area contributed by atoms with Gasteiger partial charge in [0.15, 0.2) is 10.8 Å². The zero-order chi connectivity index (χ0) is 16.5. The predicted molar refractivity (Wildman–Crippen MR) is 92.0 cm³/mol. The number of amides is 1. The maximum Gasteiger partial charge on any atom is 0.229 e. The first-order valence-electron chi connectivity index (χ1n) is 7.80. The first-order valence-corrected chi connectivity index (χ1v) is 8.68. The number of thiazole rings is 1. The van der Waals surface area contributed by atoms with Gasteiger partial charge in [-0.25, -0.2) is 15.0 Å². The van der Waals surface area contributed by atoms with Crippen molar-refractivity contribution < 1.29 is 4.79 Å². The zero-order valence-corrected chi connectivity index (χ0v) is 14.0. The van der Waals surface area contributed by atoms with E-state index in [9.17, 15) is 4.79 Å². The minimum absolute atomic E-state index is 0.0105. The molecule has 1 aliphatic heterocycles. The smallest absolute Gasteiger partial charge is 0.229 e. The monoisotopic (exact) mass is 343 g/mol. The molecule has 4 rings (SSSR count). The molecule has 24 heavy (non-hydrogen) atoms. The Morgan fingerprint density at radius 2 is 2.12 bits per heavy atom. The van der Waals surface area contributed by atoms with E-state index in [1.165, 1.54) is 11.3 Å². The van der Waals surface area contributed by atoms with Gasteiger partial charge in [-0.05, 0) is 12.8 Å². The van der Waals surface area contributed by atoms with Gasteiger partial charge in [0.25, 0.3) is 0 Å². The summed E-state index contributed by atoms with van der Waals surface area (Å²) in [6, 6.07) is 0. The Labute approximate surface area is 142 Å². The molecule has 0 saturated carbocycles. The lowest BCUT2D eigenvalue weighted by Gasteiger charge is -2.32. The standard InChI is InChI=1S/C15H17N7OS/c1-21-12-11(8-19-21)13(18-9-17-12)22-5-2-10(3-6-22)14(23)20-15-16-4-7-24-15/h4,7-10H,2-3,5-6H2,1H3,(H,16,20,23). The van der Waals surface area contributed by atoms with E-state index in [2.05, 4.69) is 30.3 Å². The van der Waals surface area contributed by atoms with Crippen molar-refractivity contribution in [3.63, 3.8) is 0 Å². The van der Waals surface area contributed by atoms with Crippen LogP contribution in [0.4, 0.5) is 10.9 Å². The quantitative estimate of drug-likeness (QED) is 0.778. The summed E-state index contributed by atoms with van der Waals surface area (Å²) in [4.78, 5) is 27.3. The van der Waals surface area contributed by atoms with E-state index in [1.54, 1.807) is 23.4 Å². The minimum atomic E-state index is 0.0105. The summed E-state index contributed by atoms with van der Waals surface area (Å²) in [5, 5.41) is 10.6. The van der Waals surface area contributed by atoms with Crippen molar-refractivity contribution >= 4 is 39.2 Å². The Morgan fingerprint density at radius 3 is 2.88 bits per heavy atom. The molecule has 0 aliphatic carbocycles. The lowest BCUT2D eigenvalue weighted by Crippen LogP contribution is -2.38. The van der Waals surface area contributed by atoms with Crippen molar-refractivity contribution in [3.05, 3.63) is 24.1 Å². The summed E-state index contributed by atoms with van der Waals surface area (Å²) >= 11 is 1.44. The van der Waals surface area contributed by atoms with Crippen LogP contribution in [-0.4, -0.2) is 43.7 Å². The number of nitrogens with one attached hydrogen (secondary N) is 1. The summed E-state index contributed by atoms with van der Waals surface area (Å²) in [5.74, 6) is 0.960. The molecular formula is C15H17N7OS. The van der Waals surface area contributed by atoms with Crippen LogP contribution < -0.4 is 10.2 Å². The number of aromatic nitrogens is 5. The van der Waals surface area contributed by atoms with Crippen LogP contribution in [0.2, 0.25) is 0 Å². The molecule has 4 heterocycles. The van der Waals surface area contributed by atoms with Crippen LogP contribution >= 0.6 is 11.3 Å². The second-order valence-corrected chi connectivity index (χ2v) is 6.69. The number of carbonyl (C=O) groups is 1. The second kappa shape index (κ2) is 6.16. The van der Waals surface area contributed by atoms with Crippen LogP contribution in [0.15, 0.2) is 24.1 Å². The van der Waals surface area contributed by atoms with Gasteiger partial charge in [-0.2, -0.15) is 5.10 Å². The number of rotatable bonds is 3. The van der Waals surface area contributed by atoms with Gasteiger partial charge in [-0.1, -0.05) is 0 Å². The number of piperidine rings is 1. The first kappa shape index (κ1) is 15.0. The fourth-order valence-electron chi connectivity index (χ4n) is 3.05. The summed E-state index contributed by atoms with van der Waals surface area (Å²) < 4.78 is 1.74. The maximum atomic E-state index is 12.3. The number of fused-ring (bicyclic) bond motifs is 1. The van der Waals surface area contributed by atoms with Gasteiger partial charge in [0, 0.05) is 37.6 Å². The van der Waals surface area contributed by atoms with Gasteiger partial charge in [0.05, 0.1) is 11.6 Å². The highest BCUT2D eigenvalue weighted by Gasteiger charge is 2.27. The fourth-order valence-corrected chi connectivity index (χ4v) is 3.58. The molecule has 1 amide bonds. The van der Waals surface area contributed by atoms with E-state index in [0.717, 1.165) is 42.8 Å². The first-order chi connectivity index (χ1) is 11.7. The molecule has 0 bridgehead atoms. The molecular weight excluding hydrogens is 326 g/mol. The third kappa shape index (κ3) is 2.71. The van der Waals surface area contributed by atoms with Crippen LogP contribution in [0.3, 0.4) is 0 Å². The third-order valence-electron chi connectivity index (χ3n) is 4.34. The number of nitrogens with zero attached hydrogens (tertiary/aromatic N) is 6. The molecule has 8 nitrogen and oxygen atoms in total. The molecule has 1 fully saturated rings. The molecule has 1 N–H and O–H groups in total. The maximum absolute atomic E-state index is 12.3. The highest BCUT2D eigenvalue weighted by Crippen LogP contribution is 2.27. The Bertz CT molecular complexity index is 852. The average Bonchev–Trinajstić information content (AvgIpc) is 3.25. The number of aryl methyl sites for hydroxylation is 1. The Balaban J connectivity index is 1.45. The summed E-state index contributed by atoms with van der Waals surface area (Å²) in [6.07, 6.45) is 6.65. The topological polar surface area (TPSA) is 88.8 Å². The second-order valence-electron chi connectivity index (χ2n) is 5.79. The molecule has 1 saturated heterocycles. The Kier molecular flexibility index (Phi) is 3.85. The van der Waals surface area contributed by atoms with Crippen molar-refractivity contribution in [2.45, 2.75) is 12.8 Å². The highest BCUT2D eigenvalue weighted by molar-refractivity contribution is 7.13. The molecule has 1 aliphatic rings.